The molecule has 0 aromatic heterocycles. The molecule has 0 atom stereocenters. The fraction of sp³-hybridized carbons (Fsp3) is 0.708. The van der Waals surface area contributed by atoms with Crippen LogP contribution < -0.4 is 0 Å². The Hall–Kier alpha value is -1.71. The van der Waals surface area contributed by atoms with Crippen LogP contribution in [0, 0.1) is 0 Å². The smallest absolute Gasteiger partial charge is 0.310 e. The Bertz CT molecular complexity index is 527. The molecule has 4 nitrogen and oxygen atoms in total. The standard InChI is InChI=1S/C24H40O4/c1-2-3-4-5-6-7-8-9-10-11-12-13-14-15-18-28-24(27)20-21-16-17-22(25)23(26)19-21/h16-17,19,25-26H,2-15,18,20H2,1H3. The van der Waals surface area contributed by atoms with Crippen molar-refractivity contribution in [2.45, 2.75) is 103 Å². The Labute approximate surface area is 171 Å². The third kappa shape index (κ3) is 12.6. The van der Waals surface area contributed by atoms with Gasteiger partial charge in [-0.15, -0.1) is 0 Å². The van der Waals surface area contributed by atoms with Crippen LogP contribution in [0.2, 0.25) is 0 Å². The molecule has 2 N–H and O–H groups in total. The summed E-state index contributed by atoms with van der Waals surface area (Å²) in [7, 11) is 0. The highest BCUT2D eigenvalue weighted by atomic mass is 16.5. The van der Waals surface area contributed by atoms with E-state index in [4.69, 9.17) is 4.74 Å². The van der Waals surface area contributed by atoms with Crippen LogP contribution in [-0.4, -0.2) is 22.8 Å². The first-order valence-corrected chi connectivity index (χ1v) is 11.3. The molecule has 0 radical (unpaired) electrons. The summed E-state index contributed by atoms with van der Waals surface area (Å²) in [6, 6.07) is 4.39. The van der Waals surface area contributed by atoms with Gasteiger partial charge < -0.3 is 14.9 Å². The summed E-state index contributed by atoms with van der Waals surface area (Å²) in [5.74, 6) is -0.684. The molecule has 0 saturated carbocycles. The minimum atomic E-state index is -0.292. The van der Waals surface area contributed by atoms with Crippen molar-refractivity contribution >= 4 is 5.97 Å². The maximum atomic E-state index is 11.8. The molecule has 0 bridgehead atoms. The Morgan fingerprint density at radius 3 is 1.75 bits per heavy atom. The maximum absolute atomic E-state index is 11.8. The molecule has 28 heavy (non-hydrogen) atoms. The van der Waals surface area contributed by atoms with Gasteiger partial charge in [0, 0.05) is 0 Å². The summed E-state index contributed by atoms with van der Waals surface area (Å²) in [5, 5.41) is 18.7. The quantitative estimate of drug-likeness (QED) is 0.177. The second-order valence-corrected chi connectivity index (χ2v) is 7.82. The number of unbranched alkanes of at least 4 members (excludes halogenated alkanes) is 13. The van der Waals surface area contributed by atoms with E-state index in [0.717, 1.165) is 12.8 Å². The number of aromatic hydroxyl groups is 2. The number of esters is 1. The molecule has 0 saturated heterocycles. The summed E-state index contributed by atoms with van der Waals surface area (Å²) in [4.78, 5) is 11.8. The number of phenols is 2. The zero-order chi connectivity index (χ0) is 20.5. The number of hydrogen-bond acceptors (Lipinski definition) is 4. The molecule has 1 rings (SSSR count). The summed E-state index contributed by atoms with van der Waals surface area (Å²) in [5.41, 5.74) is 0.640. The number of carbonyl (C=O) groups excluding carboxylic acids is 1. The van der Waals surface area contributed by atoms with E-state index < -0.39 is 0 Å². The molecule has 4 heteroatoms. The molecule has 0 aliphatic carbocycles. The lowest BCUT2D eigenvalue weighted by atomic mass is 10.0. The summed E-state index contributed by atoms with van der Waals surface area (Å²) >= 11 is 0. The van der Waals surface area contributed by atoms with Gasteiger partial charge in [-0.1, -0.05) is 96.5 Å². The van der Waals surface area contributed by atoms with E-state index in [2.05, 4.69) is 6.92 Å². The summed E-state index contributed by atoms with van der Waals surface area (Å²) in [6.45, 7) is 2.72. The van der Waals surface area contributed by atoms with Gasteiger partial charge in [-0.25, -0.2) is 0 Å². The molecule has 0 spiro atoms. The van der Waals surface area contributed by atoms with Gasteiger partial charge in [-0.05, 0) is 24.1 Å². The second-order valence-electron chi connectivity index (χ2n) is 7.82. The minimum Gasteiger partial charge on any atom is -0.504 e. The molecular weight excluding hydrogens is 352 g/mol. The van der Waals surface area contributed by atoms with E-state index in [0.29, 0.717) is 12.2 Å². The highest BCUT2D eigenvalue weighted by Gasteiger charge is 2.07. The molecule has 1 aromatic carbocycles. The minimum absolute atomic E-state index is 0.118. The van der Waals surface area contributed by atoms with E-state index in [-0.39, 0.29) is 23.9 Å². The van der Waals surface area contributed by atoms with Gasteiger partial charge >= 0.3 is 5.97 Å². The monoisotopic (exact) mass is 392 g/mol. The Balaban J connectivity index is 1.86. The molecule has 0 amide bonds. The molecule has 0 aliphatic rings. The Kier molecular flexibility index (Phi) is 14.1. The topological polar surface area (TPSA) is 66.8 Å². The molecule has 1 aromatic rings. The lowest BCUT2D eigenvalue weighted by Gasteiger charge is -2.06. The maximum Gasteiger partial charge on any atom is 0.310 e. The third-order valence-electron chi connectivity index (χ3n) is 5.15. The van der Waals surface area contributed by atoms with Crippen molar-refractivity contribution in [1.82, 2.24) is 0 Å². The molecule has 0 unspecified atom stereocenters. The van der Waals surface area contributed by atoms with Crippen LogP contribution in [0.25, 0.3) is 0 Å². The lowest BCUT2D eigenvalue weighted by Crippen LogP contribution is -2.09. The van der Waals surface area contributed by atoms with E-state index in [1.165, 1.54) is 89.2 Å². The van der Waals surface area contributed by atoms with Crippen molar-refractivity contribution in [3.05, 3.63) is 23.8 Å². The fourth-order valence-electron chi connectivity index (χ4n) is 3.38. The Morgan fingerprint density at radius 2 is 1.25 bits per heavy atom. The third-order valence-corrected chi connectivity index (χ3v) is 5.15. The predicted molar refractivity (Wildman–Crippen MR) is 115 cm³/mol. The highest BCUT2D eigenvalue weighted by molar-refractivity contribution is 5.72. The normalized spacial score (nSPS) is 10.9. The molecular formula is C24H40O4. The Morgan fingerprint density at radius 1 is 0.750 bits per heavy atom. The van der Waals surface area contributed by atoms with Crippen molar-refractivity contribution in [3.8, 4) is 11.5 Å². The van der Waals surface area contributed by atoms with E-state index >= 15 is 0 Å². The zero-order valence-corrected chi connectivity index (χ0v) is 17.8. The average molecular weight is 393 g/mol. The first-order valence-electron chi connectivity index (χ1n) is 11.3. The molecule has 0 fully saturated rings. The number of ether oxygens (including phenoxy) is 1. The van der Waals surface area contributed by atoms with Crippen LogP contribution in [0.1, 0.15) is 102 Å². The number of phenolic OH excluding ortho intramolecular Hbond substituents is 2. The van der Waals surface area contributed by atoms with Crippen LogP contribution in [0.15, 0.2) is 18.2 Å². The van der Waals surface area contributed by atoms with Crippen LogP contribution in [-0.2, 0) is 16.0 Å². The van der Waals surface area contributed by atoms with Gasteiger partial charge in [0.15, 0.2) is 11.5 Å². The van der Waals surface area contributed by atoms with E-state index in [9.17, 15) is 15.0 Å². The highest BCUT2D eigenvalue weighted by Crippen LogP contribution is 2.25. The number of hydrogen-bond donors (Lipinski definition) is 2. The largest absolute Gasteiger partial charge is 0.504 e. The van der Waals surface area contributed by atoms with Gasteiger partial charge in [0.05, 0.1) is 13.0 Å². The van der Waals surface area contributed by atoms with Crippen molar-refractivity contribution < 1.29 is 19.7 Å². The number of carbonyl (C=O) groups is 1. The molecule has 160 valence electrons. The van der Waals surface area contributed by atoms with Crippen molar-refractivity contribution in [2.24, 2.45) is 0 Å². The number of rotatable bonds is 17. The average Bonchev–Trinajstić information content (AvgIpc) is 2.68. The van der Waals surface area contributed by atoms with Crippen LogP contribution in [0.3, 0.4) is 0 Å². The van der Waals surface area contributed by atoms with Crippen molar-refractivity contribution in [1.29, 1.82) is 0 Å². The summed E-state index contributed by atoms with van der Waals surface area (Å²) < 4.78 is 5.24. The van der Waals surface area contributed by atoms with Crippen molar-refractivity contribution in [3.63, 3.8) is 0 Å². The first-order chi connectivity index (χ1) is 13.6. The van der Waals surface area contributed by atoms with Gasteiger partial charge in [-0.3, -0.25) is 4.79 Å². The first kappa shape index (κ1) is 24.3. The van der Waals surface area contributed by atoms with Gasteiger partial charge in [0.2, 0.25) is 0 Å². The van der Waals surface area contributed by atoms with E-state index in [1.54, 1.807) is 6.07 Å². The fourth-order valence-corrected chi connectivity index (χ4v) is 3.38. The lowest BCUT2D eigenvalue weighted by molar-refractivity contribution is -0.142. The second kappa shape index (κ2) is 16.3. The SMILES string of the molecule is CCCCCCCCCCCCCCCCOC(=O)Cc1ccc(O)c(O)c1. The van der Waals surface area contributed by atoms with Crippen LogP contribution >= 0.6 is 0 Å². The van der Waals surface area contributed by atoms with Gasteiger partial charge in [0.25, 0.3) is 0 Å². The van der Waals surface area contributed by atoms with Gasteiger partial charge in [0.1, 0.15) is 0 Å². The van der Waals surface area contributed by atoms with Crippen molar-refractivity contribution in [2.75, 3.05) is 6.61 Å². The summed E-state index contributed by atoms with van der Waals surface area (Å²) in [6.07, 6.45) is 18.4. The van der Waals surface area contributed by atoms with Gasteiger partial charge in [-0.2, -0.15) is 0 Å². The van der Waals surface area contributed by atoms with Crippen LogP contribution in [0.4, 0.5) is 0 Å². The predicted octanol–water partition coefficient (Wildman–Crippen LogP) is 6.66. The number of benzene rings is 1. The van der Waals surface area contributed by atoms with Crippen LogP contribution in [0.5, 0.6) is 11.5 Å². The zero-order valence-electron chi connectivity index (χ0n) is 17.8. The molecule has 0 heterocycles. The van der Waals surface area contributed by atoms with E-state index in [1.807, 2.05) is 0 Å². The molecule has 0 aliphatic heterocycles.